The van der Waals surface area contributed by atoms with Crippen LogP contribution in [0.2, 0.25) is 0 Å². The van der Waals surface area contributed by atoms with Crippen molar-refractivity contribution in [2.75, 3.05) is 0 Å². The molecule has 0 amide bonds. The molecule has 15 heavy (non-hydrogen) atoms. The molecule has 1 aromatic carbocycles. The quantitative estimate of drug-likeness (QED) is 0.563. The number of nitro benzene ring substituents is 1. The van der Waals surface area contributed by atoms with Crippen molar-refractivity contribution in [1.29, 1.82) is 0 Å². The van der Waals surface area contributed by atoms with Crippen LogP contribution in [0.4, 0.5) is 5.69 Å². The van der Waals surface area contributed by atoms with Crippen molar-refractivity contribution in [3.05, 3.63) is 40.5 Å². The summed E-state index contributed by atoms with van der Waals surface area (Å²) in [4.78, 5) is 10.4. The van der Waals surface area contributed by atoms with Crippen LogP contribution in [0.1, 0.15) is 19.4 Å². The molecule has 0 bridgehead atoms. The van der Waals surface area contributed by atoms with Crippen molar-refractivity contribution < 1.29 is 9.66 Å². The lowest BCUT2D eigenvalue weighted by molar-refractivity contribution is -0.386. The third-order valence-electron chi connectivity index (χ3n) is 1.80. The number of benzene rings is 1. The van der Waals surface area contributed by atoms with Crippen LogP contribution in [-0.4, -0.2) is 11.0 Å². The molecule has 4 heteroatoms. The fraction of sp³-hybridized carbons (Fsp3) is 0.273. The van der Waals surface area contributed by atoms with Gasteiger partial charge in [0.05, 0.1) is 16.6 Å². The predicted octanol–water partition coefficient (Wildman–Crippen LogP) is 3.03. The number of nitrogens with zero attached hydrogens (tertiary/aromatic N) is 1. The molecular formula is C11H13NO3. The summed E-state index contributed by atoms with van der Waals surface area (Å²) in [5.74, 6) is 0.285. The van der Waals surface area contributed by atoms with Crippen LogP contribution < -0.4 is 4.74 Å². The minimum absolute atomic E-state index is 0.0267. The molecule has 0 saturated carbocycles. The van der Waals surface area contributed by atoms with E-state index in [0.717, 1.165) is 0 Å². The van der Waals surface area contributed by atoms with E-state index in [-0.39, 0.29) is 17.5 Å². The normalized spacial score (nSPS) is 10.1. The van der Waals surface area contributed by atoms with Gasteiger partial charge >= 0.3 is 5.69 Å². The van der Waals surface area contributed by atoms with Gasteiger partial charge in [-0.2, -0.15) is 0 Å². The zero-order valence-electron chi connectivity index (χ0n) is 8.77. The van der Waals surface area contributed by atoms with Gasteiger partial charge in [0.2, 0.25) is 0 Å². The average molecular weight is 207 g/mol. The molecule has 0 radical (unpaired) electrons. The number of nitro groups is 1. The van der Waals surface area contributed by atoms with E-state index in [9.17, 15) is 10.1 Å². The number of hydrogen-bond acceptors (Lipinski definition) is 3. The first-order valence-corrected chi connectivity index (χ1v) is 4.62. The molecular weight excluding hydrogens is 194 g/mol. The molecule has 0 fully saturated rings. The van der Waals surface area contributed by atoms with E-state index in [1.807, 2.05) is 13.8 Å². The van der Waals surface area contributed by atoms with E-state index in [1.54, 1.807) is 18.2 Å². The molecule has 0 aliphatic heterocycles. The topological polar surface area (TPSA) is 52.4 Å². The molecule has 1 aromatic rings. The van der Waals surface area contributed by atoms with Crippen molar-refractivity contribution in [3.63, 3.8) is 0 Å². The van der Waals surface area contributed by atoms with Gasteiger partial charge in [-0.15, -0.1) is 0 Å². The van der Waals surface area contributed by atoms with Gasteiger partial charge in [0.15, 0.2) is 5.75 Å². The molecule has 1 rings (SSSR count). The lowest BCUT2D eigenvalue weighted by Crippen LogP contribution is -2.07. The Morgan fingerprint density at radius 3 is 2.67 bits per heavy atom. The largest absolute Gasteiger partial charge is 0.484 e. The SMILES string of the molecule is C=Cc1cccc(OC(C)C)c1[N+](=O)[O-]. The lowest BCUT2D eigenvalue weighted by Gasteiger charge is -2.10. The summed E-state index contributed by atoms with van der Waals surface area (Å²) in [6.07, 6.45) is 1.36. The van der Waals surface area contributed by atoms with Crippen molar-refractivity contribution in [2.24, 2.45) is 0 Å². The van der Waals surface area contributed by atoms with Crippen molar-refractivity contribution >= 4 is 11.8 Å². The molecule has 80 valence electrons. The minimum Gasteiger partial charge on any atom is -0.484 e. The third kappa shape index (κ3) is 2.56. The standard InChI is InChI=1S/C11H13NO3/c1-4-9-6-5-7-10(15-8(2)3)11(9)12(13)14/h4-8H,1H2,2-3H3. The van der Waals surface area contributed by atoms with Crippen LogP contribution in [0.3, 0.4) is 0 Å². The van der Waals surface area contributed by atoms with E-state index in [1.165, 1.54) is 6.08 Å². The number of hydrogen-bond donors (Lipinski definition) is 0. The van der Waals surface area contributed by atoms with Gasteiger partial charge in [0.1, 0.15) is 0 Å². The van der Waals surface area contributed by atoms with Crippen molar-refractivity contribution in [3.8, 4) is 5.75 Å². The fourth-order valence-corrected chi connectivity index (χ4v) is 1.25. The second-order valence-electron chi connectivity index (χ2n) is 3.32. The first-order chi connectivity index (χ1) is 7.06. The van der Waals surface area contributed by atoms with E-state index < -0.39 is 4.92 Å². The summed E-state index contributed by atoms with van der Waals surface area (Å²) in [5, 5.41) is 10.9. The highest BCUT2D eigenvalue weighted by atomic mass is 16.6. The summed E-state index contributed by atoms with van der Waals surface area (Å²) in [7, 11) is 0. The van der Waals surface area contributed by atoms with Crippen LogP contribution in [0.15, 0.2) is 24.8 Å². The second-order valence-corrected chi connectivity index (χ2v) is 3.32. The van der Waals surface area contributed by atoms with Crippen molar-refractivity contribution in [2.45, 2.75) is 20.0 Å². The van der Waals surface area contributed by atoms with Gasteiger partial charge in [0.25, 0.3) is 0 Å². The van der Waals surface area contributed by atoms with Crippen LogP contribution in [-0.2, 0) is 0 Å². The van der Waals surface area contributed by atoms with Crippen molar-refractivity contribution in [1.82, 2.24) is 0 Å². The van der Waals surface area contributed by atoms with Gasteiger partial charge in [-0.3, -0.25) is 10.1 Å². The van der Waals surface area contributed by atoms with Crippen LogP contribution in [0.25, 0.3) is 6.08 Å². The van der Waals surface area contributed by atoms with Crippen LogP contribution >= 0.6 is 0 Å². The highest BCUT2D eigenvalue weighted by Gasteiger charge is 2.19. The predicted molar refractivity (Wildman–Crippen MR) is 59.0 cm³/mol. The molecule has 0 atom stereocenters. The zero-order valence-corrected chi connectivity index (χ0v) is 8.77. The number of para-hydroxylation sites is 1. The molecule has 0 aliphatic carbocycles. The first-order valence-electron chi connectivity index (χ1n) is 4.62. The Labute approximate surface area is 88.3 Å². The molecule has 0 heterocycles. The van der Waals surface area contributed by atoms with E-state index >= 15 is 0 Å². The Morgan fingerprint density at radius 2 is 2.20 bits per heavy atom. The summed E-state index contributed by atoms with van der Waals surface area (Å²) in [5.41, 5.74) is 0.444. The maximum atomic E-state index is 10.9. The van der Waals surface area contributed by atoms with Gasteiger partial charge < -0.3 is 4.74 Å². The fourth-order valence-electron chi connectivity index (χ4n) is 1.25. The Hall–Kier alpha value is -1.84. The zero-order chi connectivity index (χ0) is 11.4. The highest BCUT2D eigenvalue weighted by molar-refractivity contribution is 5.65. The van der Waals surface area contributed by atoms with E-state index in [2.05, 4.69) is 6.58 Å². The van der Waals surface area contributed by atoms with Crippen LogP contribution in [0, 0.1) is 10.1 Å². The van der Waals surface area contributed by atoms with Crippen LogP contribution in [0.5, 0.6) is 5.75 Å². The molecule has 0 N–H and O–H groups in total. The number of ether oxygens (including phenoxy) is 1. The Morgan fingerprint density at radius 1 is 1.53 bits per heavy atom. The summed E-state index contributed by atoms with van der Waals surface area (Å²) in [6.45, 7) is 7.18. The lowest BCUT2D eigenvalue weighted by atomic mass is 10.1. The Kier molecular flexibility index (Phi) is 3.44. The molecule has 0 unspecified atom stereocenters. The van der Waals surface area contributed by atoms with E-state index in [0.29, 0.717) is 5.56 Å². The molecule has 0 aliphatic rings. The Balaban J connectivity index is 3.25. The maximum absolute atomic E-state index is 10.9. The maximum Gasteiger partial charge on any atom is 0.318 e. The van der Waals surface area contributed by atoms with E-state index in [4.69, 9.17) is 4.74 Å². The molecule has 4 nitrogen and oxygen atoms in total. The first kappa shape index (κ1) is 11.2. The molecule has 0 saturated heterocycles. The molecule has 0 aromatic heterocycles. The highest BCUT2D eigenvalue weighted by Crippen LogP contribution is 2.31. The van der Waals surface area contributed by atoms with Gasteiger partial charge in [-0.25, -0.2) is 0 Å². The number of rotatable bonds is 4. The van der Waals surface area contributed by atoms with Gasteiger partial charge in [-0.05, 0) is 26.0 Å². The summed E-state index contributed by atoms with van der Waals surface area (Å²) in [6, 6.07) is 4.94. The minimum atomic E-state index is -0.450. The monoisotopic (exact) mass is 207 g/mol. The molecule has 0 spiro atoms. The average Bonchev–Trinajstić information content (AvgIpc) is 2.15. The Bertz CT molecular complexity index is 385. The second kappa shape index (κ2) is 4.59. The van der Waals surface area contributed by atoms with Gasteiger partial charge in [0, 0.05) is 0 Å². The third-order valence-corrected chi connectivity index (χ3v) is 1.80. The summed E-state index contributed by atoms with van der Waals surface area (Å²) < 4.78 is 5.36. The van der Waals surface area contributed by atoms with Gasteiger partial charge in [-0.1, -0.05) is 18.7 Å². The summed E-state index contributed by atoms with van der Waals surface area (Å²) >= 11 is 0. The smallest absolute Gasteiger partial charge is 0.318 e.